The number of carbonyl (C=O) groups excluding carboxylic acids is 1. The number of fused-ring (bicyclic) bond motifs is 1. The minimum absolute atomic E-state index is 0.146. The standard InChI is InChI=1S/C19H26N2O3/c1-13-5-6-17-16(9-13)10-18(24-17)19(22)20-7-4-8-21-11-14(2)23-15(3)12-21/h5-6,9-10,14-15H,4,7-8,11-12H2,1-3H3,(H,20,22). The number of nitrogens with zero attached hydrogens (tertiary/aromatic N) is 1. The first-order chi connectivity index (χ1) is 11.5. The Kier molecular flexibility index (Phi) is 5.21. The van der Waals surface area contributed by atoms with E-state index in [2.05, 4.69) is 24.1 Å². The maximum absolute atomic E-state index is 12.2. The van der Waals surface area contributed by atoms with Gasteiger partial charge in [0.1, 0.15) is 5.58 Å². The second kappa shape index (κ2) is 7.36. The number of rotatable bonds is 5. The molecule has 2 unspecified atom stereocenters. The lowest BCUT2D eigenvalue weighted by molar-refractivity contribution is -0.0680. The lowest BCUT2D eigenvalue weighted by atomic mass is 10.2. The van der Waals surface area contributed by atoms with Crippen molar-refractivity contribution in [2.45, 2.75) is 39.4 Å². The molecule has 0 radical (unpaired) electrons. The lowest BCUT2D eigenvalue weighted by Crippen LogP contribution is -2.46. The summed E-state index contributed by atoms with van der Waals surface area (Å²) in [5, 5.41) is 3.91. The van der Waals surface area contributed by atoms with Crippen molar-refractivity contribution in [1.82, 2.24) is 10.2 Å². The molecule has 0 bridgehead atoms. The average molecular weight is 330 g/mol. The van der Waals surface area contributed by atoms with Crippen LogP contribution in [-0.2, 0) is 4.74 Å². The number of carbonyl (C=O) groups is 1. The number of hydrogen-bond donors (Lipinski definition) is 1. The fourth-order valence-electron chi connectivity index (χ4n) is 3.33. The Hall–Kier alpha value is -1.85. The van der Waals surface area contributed by atoms with Crippen LogP contribution >= 0.6 is 0 Å². The third-order valence-corrected chi connectivity index (χ3v) is 4.33. The van der Waals surface area contributed by atoms with Gasteiger partial charge in [-0.1, -0.05) is 11.6 Å². The molecule has 1 fully saturated rings. The van der Waals surface area contributed by atoms with E-state index in [9.17, 15) is 4.79 Å². The molecule has 5 heteroatoms. The molecule has 0 spiro atoms. The fourth-order valence-corrected chi connectivity index (χ4v) is 3.33. The molecular formula is C19H26N2O3. The minimum Gasteiger partial charge on any atom is -0.451 e. The third kappa shape index (κ3) is 4.16. The van der Waals surface area contributed by atoms with Crippen LogP contribution in [0.5, 0.6) is 0 Å². The van der Waals surface area contributed by atoms with Crippen molar-refractivity contribution in [1.29, 1.82) is 0 Å². The normalized spacial score (nSPS) is 22.0. The van der Waals surface area contributed by atoms with Gasteiger partial charge in [0, 0.05) is 31.6 Å². The highest BCUT2D eigenvalue weighted by Gasteiger charge is 2.21. The van der Waals surface area contributed by atoms with Crippen LogP contribution in [0.2, 0.25) is 0 Å². The topological polar surface area (TPSA) is 54.7 Å². The van der Waals surface area contributed by atoms with E-state index < -0.39 is 0 Å². The van der Waals surface area contributed by atoms with Crippen LogP contribution < -0.4 is 5.32 Å². The van der Waals surface area contributed by atoms with Crippen molar-refractivity contribution in [2.24, 2.45) is 0 Å². The molecule has 5 nitrogen and oxygen atoms in total. The number of hydrogen-bond acceptors (Lipinski definition) is 4. The highest BCUT2D eigenvalue weighted by molar-refractivity contribution is 5.96. The van der Waals surface area contributed by atoms with Gasteiger partial charge in [-0.3, -0.25) is 9.69 Å². The van der Waals surface area contributed by atoms with Gasteiger partial charge in [-0.05, 0) is 45.4 Å². The Morgan fingerprint density at radius 2 is 2.00 bits per heavy atom. The first-order valence-corrected chi connectivity index (χ1v) is 8.67. The van der Waals surface area contributed by atoms with Gasteiger partial charge in [0.05, 0.1) is 12.2 Å². The van der Waals surface area contributed by atoms with Gasteiger partial charge in [0.25, 0.3) is 5.91 Å². The van der Waals surface area contributed by atoms with Gasteiger partial charge in [-0.25, -0.2) is 0 Å². The molecule has 2 aromatic rings. The van der Waals surface area contributed by atoms with E-state index in [1.165, 1.54) is 0 Å². The first-order valence-electron chi connectivity index (χ1n) is 8.67. The smallest absolute Gasteiger partial charge is 0.287 e. The second-order valence-corrected chi connectivity index (χ2v) is 6.78. The number of benzene rings is 1. The fraction of sp³-hybridized carbons (Fsp3) is 0.526. The highest BCUT2D eigenvalue weighted by atomic mass is 16.5. The molecule has 0 aliphatic carbocycles. The summed E-state index contributed by atoms with van der Waals surface area (Å²) in [6.45, 7) is 9.77. The number of morpholine rings is 1. The molecule has 1 amide bonds. The molecule has 1 N–H and O–H groups in total. The van der Waals surface area contributed by atoms with Crippen molar-refractivity contribution in [3.63, 3.8) is 0 Å². The molecule has 0 saturated carbocycles. The van der Waals surface area contributed by atoms with E-state index in [4.69, 9.17) is 9.15 Å². The van der Waals surface area contributed by atoms with Gasteiger partial charge in [0.15, 0.2) is 5.76 Å². The van der Waals surface area contributed by atoms with Crippen LogP contribution in [0.4, 0.5) is 0 Å². The average Bonchev–Trinajstić information content (AvgIpc) is 2.93. The van der Waals surface area contributed by atoms with Crippen LogP contribution in [0, 0.1) is 6.92 Å². The van der Waals surface area contributed by atoms with E-state index in [1.54, 1.807) is 0 Å². The van der Waals surface area contributed by atoms with Gasteiger partial charge < -0.3 is 14.5 Å². The Morgan fingerprint density at radius 3 is 2.75 bits per heavy atom. The number of ether oxygens (including phenoxy) is 1. The minimum atomic E-state index is -0.146. The molecular weight excluding hydrogens is 304 g/mol. The van der Waals surface area contributed by atoms with Crippen LogP contribution in [0.25, 0.3) is 11.0 Å². The summed E-state index contributed by atoms with van der Waals surface area (Å²) in [6, 6.07) is 7.72. The molecule has 1 aromatic heterocycles. The van der Waals surface area contributed by atoms with Crippen LogP contribution in [-0.4, -0.2) is 49.2 Å². The molecule has 2 atom stereocenters. The summed E-state index contributed by atoms with van der Waals surface area (Å²) in [7, 11) is 0. The zero-order valence-electron chi connectivity index (χ0n) is 14.7. The maximum atomic E-state index is 12.2. The van der Waals surface area contributed by atoms with Crippen molar-refractivity contribution >= 4 is 16.9 Å². The lowest BCUT2D eigenvalue weighted by Gasteiger charge is -2.35. The number of amides is 1. The van der Waals surface area contributed by atoms with E-state index in [-0.39, 0.29) is 18.1 Å². The zero-order valence-corrected chi connectivity index (χ0v) is 14.7. The molecule has 24 heavy (non-hydrogen) atoms. The predicted molar refractivity (Wildman–Crippen MR) is 94.4 cm³/mol. The highest BCUT2D eigenvalue weighted by Crippen LogP contribution is 2.20. The van der Waals surface area contributed by atoms with E-state index in [0.29, 0.717) is 12.3 Å². The Labute approximate surface area is 143 Å². The number of nitrogens with one attached hydrogen (secondary N) is 1. The van der Waals surface area contributed by atoms with E-state index in [1.807, 2.05) is 31.2 Å². The molecule has 130 valence electrons. The van der Waals surface area contributed by atoms with Crippen molar-refractivity contribution in [3.05, 3.63) is 35.6 Å². The zero-order chi connectivity index (χ0) is 17.1. The molecule has 1 aliphatic rings. The third-order valence-electron chi connectivity index (χ3n) is 4.33. The quantitative estimate of drug-likeness (QED) is 0.857. The monoisotopic (exact) mass is 330 g/mol. The van der Waals surface area contributed by atoms with Crippen molar-refractivity contribution in [3.8, 4) is 0 Å². The molecule has 3 rings (SSSR count). The van der Waals surface area contributed by atoms with E-state index >= 15 is 0 Å². The van der Waals surface area contributed by atoms with Crippen molar-refractivity contribution < 1.29 is 13.9 Å². The van der Waals surface area contributed by atoms with Crippen molar-refractivity contribution in [2.75, 3.05) is 26.2 Å². The number of furan rings is 1. The van der Waals surface area contributed by atoms with E-state index in [0.717, 1.165) is 42.6 Å². The number of aryl methyl sites for hydroxylation is 1. The Morgan fingerprint density at radius 1 is 1.25 bits per heavy atom. The second-order valence-electron chi connectivity index (χ2n) is 6.78. The SMILES string of the molecule is Cc1ccc2oc(C(=O)NCCCN3CC(C)OC(C)C3)cc2c1. The summed E-state index contributed by atoms with van der Waals surface area (Å²) < 4.78 is 11.4. The Bertz CT molecular complexity index is 700. The van der Waals surface area contributed by atoms with Crippen LogP contribution in [0.1, 0.15) is 36.4 Å². The molecule has 1 aromatic carbocycles. The predicted octanol–water partition coefficient (Wildman–Crippen LogP) is 2.97. The van der Waals surface area contributed by atoms with Crippen LogP contribution in [0.15, 0.2) is 28.7 Å². The largest absolute Gasteiger partial charge is 0.451 e. The summed E-state index contributed by atoms with van der Waals surface area (Å²) in [4.78, 5) is 14.6. The Balaban J connectivity index is 1.46. The molecule has 1 saturated heterocycles. The first kappa shape index (κ1) is 17.0. The van der Waals surface area contributed by atoms with Gasteiger partial charge in [-0.2, -0.15) is 0 Å². The molecule has 1 aliphatic heterocycles. The summed E-state index contributed by atoms with van der Waals surface area (Å²) >= 11 is 0. The summed E-state index contributed by atoms with van der Waals surface area (Å²) in [5.74, 6) is 0.233. The van der Waals surface area contributed by atoms with Gasteiger partial charge >= 0.3 is 0 Å². The van der Waals surface area contributed by atoms with Gasteiger partial charge in [0.2, 0.25) is 0 Å². The molecule has 2 heterocycles. The van der Waals surface area contributed by atoms with Crippen LogP contribution in [0.3, 0.4) is 0 Å². The summed E-state index contributed by atoms with van der Waals surface area (Å²) in [5.41, 5.74) is 1.91. The van der Waals surface area contributed by atoms with Gasteiger partial charge in [-0.15, -0.1) is 0 Å². The maximum Gasteiger partial charge on any atom is 0.287 e. The summed E-state index contributed by atoms with van der Waals surface area (Å²) in [6.07, 6.45) is 1.48.